The number of nitrogens with zero attached hydrogens (tertiary/aromatic N) is 1. The number of halogens is 1. The van der Waals surface area contributed by atoms with Crippen molar-refractivity contribution >= 4 is 32.8 Å². The molecule has 1 N–H and O–H groups in total. The van der Waals surface area contributed by atoms with Crippen molar-refractivity contribution in [3.8, 4) is 0 Å². The lowest BCUT2D eigenvalue weighted by Crippen LogP contribution is -2.09. The Labute approximate surface area is 132 Å². The van der Waals surface area contributed by atoms with Crippen LogP contribution in [0.5, 0.6) is 0 Å². The highest BCUT2D eigenvalue weighted by Crippen LogP contribution is 2.34. The zero-order valence-corrected chi connectivity index (χ0v) is 13.6. The highest BCUT2D eigenvalue weighted by Gasteiger charge is 2.21. The van der Waals surface area contributed by atoms with E-state index < -0.39 is 5.97 Å². The molecule has 0 aliphatic heterocycles. The van der Waals surface area contributed by atoms with Crippen LogP contribution in [0.1, 0.15) is 59.6 Å². The van der Waals surface area contributed by atoms with Crippen molar-refractivity contribution in [3.05, 3.63) is 39.5 Å². The number of pyridine rings is 1. The first-order chi connectivity index (χ1) is 10.1. The number of fused-ring (bicyclic) bond motifs is 1. The van der Waals surface area contributed by atoms with Crippen LogP contribution in [0.4, 0.5) is 0 Å². The van der Waals surface area contributed by atoms with E-state index in [-0.39, 0.29) is 0 Å². The average Bonchev–Trinajstić information content (AvgIpc) is 2.47. The van der Waals surface area contributed by atoms with E-state index in [4.69, 9.17) is 4.98 Å². The van der Waals surface area contributed by atoms with Crippen molar-refractivity contribution in [1.82, 2.24) is 4.98 Å². The number of carbonyl (C=O) groups is 1. The molecule has 0 unspecified atom stereocenters. The largest absolute Gasteiger partial charge is 0.478 e. The summed E-state index contributed by atoms with van der Waals surface area (Å²) in [5.41, 5.74) is 3.15. The molecule has 1 aliphatic rings. The molecule has 110 valence electrons. The van der Waals surface area contributed by atoms with Gasteiger partial charge in [0.2, 0.25) is 0 Å². The molecular weight excluding hydrogens is 330 g/mol. The van der Waals surface area contributed by atoms with Gasteiger partial charge in [-0.25, -0.2) is 4.79 Å². The van der Waals surface area contributed by atoms with Gasteiger partial charge < -0.3 is 5.11 Å². The Hall–Kier alpha value is -1.42. The summed E-state index contributed by atoms with van der Waals surface area (Å²) in [6.45, 7) is 1.98. The van der Waals surface area contributed by atoms with Crippen LogP contribution in [0.25, 0.3) is 10.9 Å². The van der Waals surface area contributed by atoms with Gasteiger partial charge in [-0.15, -0.1) is 0 Å². The third kappa shape index (κ3) is 2.82. The van der Waals surface area contributed by atoms with Gasteiger partial charge in [-0.1, -0.05) is 35.2 Å². The summed E-state index contributed by atoms with van der Waals surface area (Å²) in [6, 6.07) is 5.63. The number of benzene rings is 1. The molecule has 2 aromatic rings. The molecule has 4 heteroatoms. The van der Waals surface area contributed by atoms with Gasteiger partial charge in [0.15, 0.2) is 0 Å². The number of aromatic carboxylic acids is 1. The topological polar surface area (TPSA) is 50.2 Å². The molecule has 1 aromatic carbocycles. The van der Waals surface area contributed by atoms with Crippen molar-refractivity contribution in [2.75, 3.05) is 0 Å². The zero-order valence-electron chi connectivity index (χ0n) is 12.0. The summed E-state index contributed by atoms with van der Waals surface area (Å²) in [6.07, 6.45) is 5.94. The standard InChI is InChI=1S/C17H18BrNO2/c1-10-7-12(18)8-13-14(17(20)21)9-15(19-16(10)13)11-5-3-2-4-6-11/h7-9,11H,2-6H2,1H3,(H,20,21). The van der Waals surface area contributed by atoms with E-state index in [9.17, 15) is 9.90 Å². The second-order valence-corrected chi connectivity index (χ2v) is 6.77. The van der Waals surface area contributed by atoms with Crippen LogP contribution >= 0.6 is 15.9 Å². The van der Waals surface area contributed by atoms with Crippen LogP contribution in [0.15, 0.2) is 22.7 Å². The van der Waals surface area contributed by atoms with E-state index in [0.717, 1.165) is 34.1 Å². The van der Waals surface area contributed by atoms with Crippen LogP contribution in [0.2, 0.25) is 0 Å². The van der Waals surface area contributed by atoms with Crippen LogP contribution < -0.4 is 0 Å². The van der Waals surface area contributed by atoms with Crippen LogP contribution in [-0.4, -0.2) is 16.1 Å². The molecule has 1 fully saturated rings. The molecule has 21 heavy (non-hydrogen) atoms. The smallest absolute Gasteiger partial charge is 0.336 e. The lowest BCUT2D eigenvalue weighted by molar-refractivity contribution is 0.0699. The Morgan fingerprint density at radius 3 is 2.62 bits per heavy atom. The number of rotatable bonds is 2. The summed E-state index contributed by atoms with van der Waals surface area (Å²) in [5.74, 6) is -0.471. The maximum atomic E-state index is 11.6. The van der Waals surface area contributed by atoms with Gasteiger partial charge in [-0.2, -0.15) is 0 Å². The third-order valence-electron chi connectivity index (χ3n) is 4.34. The quantitative estimate of drug-likeness (QED) is 0.826. The van der Waals surface area contributed by atoms with E-state index in [1.54, 1.807) is 6.07 Å². The Bertz CT molecular complexity index is 705. The Morgan fingerprint density at radius 2 is 1.95 bits per heavy atom. The monoisotopic (exact) mass is 347 g/mol. The molecule has 3 rings (SSSR count). The lowest BCUT2D eigenvalue weighted by Gasteiger charge is -2.22. The van der Waals surface area contributed by atoms with Crippen molar-refractivity contribution in [3.63, 3.8) is 0 Å². The minimum absolute atomic E-state index is 0.366. The maximum absolute atomic E-state index is 11.6. The number of carboxylic acids is 1. The van der Waals surface area contributed by atoms with E-state index in [0.29, 0.717) is 16.9 Å². The molecule has 0 atom stereocenters. The van der Waals surface area contributed by atoms with Gasteiger partial charge in [0.25, 0.3) is 0 Å². The number of aryl methyl sites for hydroxylation is 1. The number of aromatic nitrogens is 1. The molecule has 1 heterocycles. The second-order valence-electron chi connectivity index (χ2n) is 5.85. The van der Waals surface area contributed by atoms with E-state index >= 15 is 0 Å². The first-order valence-electron chi connectivity index (χ1n) is 7.40. The molecule has 1 aromatic heterocycles. The van der Waals surface area contributed by atoms with Crippen LogP contribution in [0.3, 0.4) is 0 Å². The fourth-order valence-electron chi connectivity index (χ4n) is 3.26. The molecule has 1 aliphatic carbocycles. The van der Waals surface area contributed by atoms with Gasteiger partial charge in [0.05, 0.1) is 11.1 Å². The highest BCUT2D eigenvalue weighted by molar-refractivity contribution is 9.10. The predicted molar refractivity (Wildman–Crippen MR) is 87.0 cm³/mol. The first-order valence-corrected chi connectivity index (χ1v) is 8.19. The molecule has 0 saturated heterocycles. The zero-order chi connectivity index (χ0) is 15.0. The number of hydrogen-bond donors (Lipinski definition) is 1. The highest BCUT2D eigenvalue weighted by atomic mass is 79.9. The van der Waals surface area contributed by atoms with Gasteiger partial charge in [0, 0.05) is 21.5 Å². The second kappa shape index (κ2) is 5.76. The summed E-state index contributed by atoms with van der Waals surface area (Å²) in [5, 5.41) is 10.3. The Morgan fingerprint density at radius 1 is 1.24 bits per heavy atom. The van der Waals surface area contributed by atoms with Gasteiger partial charge >= 0.3 is 5.97 Å². The minimum Gasteiger partial charge on any atom is -0.478 e. The molecule has 0 bridgehead atoms. The molecule has 0 spiro atoms. The average molecular weight is 348 g/mol. The summed E-state index contributed by atoms with van der Waals surface area (Å²) in [4.78, 5) is 16.4. The minimum atomic E-state index is -0.878. The maximum Gasteiger partial charge on any atom is 0.336 e. The van der Waals surface area contributed by atoms with Gasteiger partial charge in [-0.3, -0.25) is 4.98 Å². The normalized spacial score (nSPS) is 16.3. The number of hydrogen-bond acceptors (Lipinski definition) is 2. The fourth-order valence-corrected chi connectivity index (χ4v) is 3.83. The van der Waals surface area contributed by atoms with E-state index in [1.165, 1.54) is 19.3 Å². The lowest BCUT2D eigenvalue weighted by atomic mass is 9.86. The predicted octanol–water partition coefficient (Wildman–Crippen LogP) is 5.05. The fraction of sp³-hybridized carbons (Fsp3) is 0.412. The van der Waals surface area contributed by atoms with Crippen molar-refractivity contribution in [2.24, 2.45) is 0 Å². The van der Waals surface area contributed by atoms with Crippen LogP contribution in [-0.2, 0) is 0 Å². The van der Waals surface area contributed by atoms with Gasteiger partial charge in [0.1, 0.15) is 0 Å². The SMILES string of the molecule is Cc1cc(Br)cc2c(C(=O)O)cc(C3CCCCC3)nc12. The number of carboxylic acid groups (broad SMARTS) is 1. The van der Waals surface area contributed by atoms with Crippen molar-refractivity contribution < 1.29 is 9.90 Å². The third-order valence-corrected chi connectivity index (χ3v) is 4.80. The van der Waals surface area contributed by atoms with E-state index in [2.05, 4.69) is 15.9 Å². The first kappa shape index (κ1) is 14.5. The summed E-state index contributed by atoms with van der Waals surface area (Å²) >= 11 is 3.44. The molecule has 3 nitrogen and oxygen atoms in total. The van der Waals surface area contributed by atoms with Gasteiger partial charge in [-0.05, 0) is 43.5 Å². The molecule has 0 amide bonds. The summed E-state index contributed by atoms with van der Waals surface area (Å²) < 4.78 is 0.891. The summed E-state index contributed by atoms with van der Waals surface area (Å²) in [7, 11) is 0. The molecular formula is C17H18BrNO2. The molecule has 1 saturated carbocycles. The molecule has 0 radical (unpaired) electrons. The Kier molecular flexibility index (Phi) is 3.98. The van der Waals surface area contributed by atoms with Crippen molar-refractivity contribution in [2.45, 2.75) is 44.9 Å². The van der Waals surface area contributed by atoms with Crippen molar-refractivity contribution in [1.29, 1.82) is 0 Å². The Balaban J connectivity index is 2.21. The van der Waals surface area contributed by atoms with Crippen LogP contribution in [0, 0.1) is 6.92 Å². The van der Waals surface area contributed by atoms with E-state index in [1.807, 2.05) is 19.1 Å².